The van der Waals surface area contributed by atoms with Gasteiger partial charge in [-0.1, -0.05) is 28.9 Å². The summed E-state index contributed by atoms with van der Waals surface area (Å²) in [6.45, 7) is 2.63. The molecule has 0 bridgehead atoms. The minimum Gasteiger partial charge on any atom is -0.459 e. The largest absolute Gasteiger partial charge is 0.459 e. The Morgan fingerprint density at radius 2 is 1.92 bits per heavy atom. The lowest BCUT2D eigenvalue weighted by Crippen LogP contribution is -2.63. The number of para-hydroxylation sites is 1. The molecule has 6 rings (SSSR count). The number of fused-ring (bicyclic) bond motifs is 2. The number of benzene rings is 1. The number of carbonyl (C=O) groups is 3. The highest BCUT2D eigenvalue weighted by Crippen LogP contribution is 2.30. The summed E-state index contributed by atoms with van der Waals surface area (Å²) >= 11 is 3.29. The number of furan rings is 1. The Bertz CT molecular complexity index is 1440. The SMILES string of the molecule is CN1C(=O)C2C(=NC(=[N+]3CCN(C(=O)c4ccco4)CC3)N2CCSc2nc3ccccc3s2)N(C)C1=O. The van der Waals surface area contributed by atoms with E-state index < -0.39 is 12.1 Å². The van der Waals surface area contributed by atoms with Crippen LogP contribution in [0.4, 0.5) is 4.79 Å². The molecule has 13 heteroatoms. The molecule has 3 aliphatic heterocycles. The molecule has 0 saturated carbocycles. The van der Waals surface area contributed by atoms with Crippen molar-refractivity contribution < 1.29 is 23.4 Å². The number of aliphatic imine (C=N–C) groups is 1. The van der Waals surface area contributed by atoms with Gasteiger partial charge in [-0.15, -0.1) is 11.3 Å². The number of hydrogen-bond donors (Lipinski definition) is 0. The second-order valence-corrected chi connectivity index (χ2v) is 11.5. The molecule has 0 spiro atoms. The Morgan fingerprint density at radius 3 is 2.66 bits per heavy atom. The van der Waals surface area contributed by atoms with Crippen LogP contribution >= 0.6 is 23.1 Å². The molecule has 0 radical (unpaired) electrons. The zero-order valence-electron chi connectivity index (χ0n) is 20.9. The van der Waals surface area contributed by atoms with Gasteiger partial charge < -0.3 is 9.32 Å². The maximum Gasteiger partial charge on any atom is 0.392 e. The molecule has 5 heterocycles. The molecule has 196 valence electrons. The summed E-state index contributed by atoms with van der Waals surface area (Å²) in [7, 11) is 3.15. The number of rotatable bonds is 5. The maximum absolute atomic E-state index is 13.3. The van der Waals surface area contributed by atoms with E-state index in [1.54, 1.807) is 47.2 Å². The first-order valence-electron chi connectivity index (χ1n) is 12.3. The van der Waals surface area contributed by atoms with Crippen molar-refractivity contribution in [3.8, 4) is 0 Å². The normalized spacial score (nSPS) is 20.1. The summed E-state index contributed by atoms with van der Waals surface area (Å²) in [4.78, 5) is 54.5. The molecule has 2 fully saturated rings. The number of piperazine rings is 1. The number of thiazole rings is 1. The van der Waals surface area contributed by atoms with Crippen molar-refractivity contribution in [3.05, 3.63) is 48.4 Å². The standard InChI is InChI=1S/C25H26N7O4S2/c1-28-20-19(22(34)29(2)25(28)35)32(13-15-37-24-26-16-6-3-4-8-18(16)38-24)23(27-20)31-11-9-30(10-12-31)21(33)17-7-5-14-36-17/h3-8,14,19H,9-13,15H2,1-2H3/q+1. The molecule has 11 nitrogen and oxygen atoms in total. The van der Waals surface area contributed by atoms with Gasteiger partial charge in [-0.2, -0.15) is 0 Å². The van der Waals surface area contributed by atoms with Crippen molar-refractivity contribution in [2.24, 2.45) is 4.99 Å². The molecule has 1 aromatic carbocycles. The van der Waals surface area contributed by atoms with Crippen LogP contribution < -0.4 is 0 Å². The van der Waals surface area contributed by atoms with Gasteiger partial charge in [0.15, 0.2) is 10.1 Å². The topological polar surface area (TPSA) is 106 Å². The van der Waals surface area contributed by atoms with E-state index in [0.717, 1.165) is 19.5 Å². The van der Waals surface area contributed by atoms with Crippen molar-refractivity contribution >= 4 is 63.0 Å². The summed E-state index contributed by atoms with van der Waals surface area (Å²) in [6.07, 6.45) is 1.49. The monoisotopic (exact) mass is 552 g/mol. The molecular weight excluding hydrogens is 526 g/mol. The van der Waals surface area contributed by atoms with Gasteiger partial charge >= 0.3 is 12.0 Å². The van der Waals surface area contributed by atoms with Crippen LogP contribution in [0.5, 0.6) is 0 Å². The van der Waals surface area contributed by atoms with Gasteiger partial charge in [0.1, 0.15) is 0 Å². The number of likely N-dealkylation sites (N-methyl/N-ethyl adjacent to an activating group) is 2. The fraction of sp³-hybridized carbons (Fsp3) is 0.360. The van der Waals surface area contributed by atoms with Crippen molar-refractivity contribution in [3.63, 3.8) is 0 Å². The highest BCUT2D eigenvalue weighted by Gasteiger charge is 2.55. The fourth-order valence-corrected chi connectivity index (χ4v) is 6.95. The van der Waals surface area contributed by atoms with Gasteiger partial charge in [0.05, 0.1) is 49.2 Å². The van der Waals surface area contributed by atoms with Gasteiger partial charge in [-0.25, -0.2) is 14.7 Å². The Balaban J connectivity index is 1.23. The summed E-state index contributed by atoms with van der Waals surface area (Å²) in [5.74, 6) is 1.67. The van der Waals surface area contributed by atoms with E-state index in [4.69, 9.17) is 14.4 Å². The molecule has 1 atom stereocenters. The highest BCUT2D eigenvalue weighted by atomic mass is 32.2. The van der Waals surface area contributed by atoms with Crippen molar-refractivity contribution in [1.29, 1.82) is 0 Å². The fourth-order valence-electron chi connectivity index (χ4n) is 4.88. The Hall–Kier alpha value is -3.71. The van der Waals surface area contributed by atoms with Crippen molar-refractivity contribution in [2.45, 2.75) is 10.4 Å². The lowest BCUT2D eigenvalue weighted by molar-refractivity contribution is -0.543. The van der Waals surface area contributed by atoms with E-state index in [2.05, 4.69) is 10.6 Å². The number of guanidine groups is 1. The molecule has 0 N–H and O–H groups in total. The Morgan fingerprint density at radius 1 is 1.13 bits per heavy atom. The van der Waals surface area contributed by atoms with Crippen LogP contribution in [-0.2, 0) is 4.79 Å². The first kappa shape index (κ1) is 24.6. The summed E-state index contributed by atoms with van der Waals surface area (Å²) < 4.78 is 9.47. The first-order chi connectivity index (χ1) is 18.4. The predicted molar refractivity (Wildman–Crippen MR) is 144 cm³/mol. The van der Waals surface area contributed by atoms with Crippen LogP contribution in [0.25, 0.3) is 10.2 Å². The van der Waals surface area contributed by atoms with Gasteiger partial charge in [0.25, 0.3) is 11.8 Å². The highest BCUT2D eigenvalue weighted by molar-refractivity contribution is 8.01. The lowest BCUT2D eigenvalue weighted by Gasteiger charge is -2.33. The van der Waals surface area contributed by atoms with Crippen LogP contribution in [0.3, 0.4) is 0 Å². The van der Waals surface area contributed by atoms with Crippen molar-refractivity contribution in [1.82, 2.24) is 24.6 Å². The third-order valence-corrected chi connectivity index (χ3v) is 9.08. The number of amidine groups is 1. The molecule has 3 aromatic rings. The second-order valence-electron chi connectivity index (χ2n) is 9.16. The van der Waals surface area contributed by atoms with Crippen LogP contribution in [-0.4, -0.2) is 117 Å². The third-order valence-electron chi connectivity index (χ3n) is 6.92. The van der Waals surface area contributed by atoms with Crippen LogP contribution in [0.15, 0.2) is 56.4 Å². The zero-order valence-corrected chi connectivity index (χ0v) is 22.6. The quantitative estimate of drug-likeness (QED) is 0.353. The Kier molecular flexibility index (Phi) is 6.40. The molecule has 3 aliphatic rings. The van der Waals surface area contributed by atoms with Crippen LogP contribution in [0, 0.1) is 0 Å². The van der Waals surface area contributed by atoms with Gasteiger partial charge in [0.2, 0.25) is 11.9 Å². The molecule has 0 aliphatic carbocycles. The second kappa shape index (κ2) is 9.87. The number of aromatic nitrogens is 1. The average molecular weight is 553 g/mol. The predicted octanol–water partition coefficient (Wildman–Crippen LogP) is 2.11. The van der Waals surface area contributed by atoms with E-state index in [1.807, 2.05) is 23.1 Å². The van der Waals surface area contributed by atoms with E-state index in [0.29, 0.717) is 56.0 Å². The smallest absolute Gasteiger partial charge is 0.392 e. The molecule has 2 saturated heterocycles. The van der Waals surface area contributed by atoms with Gasteiger partial charge in [-0.3, -0.25) is 24.0 Å². The van der Waals surface area contributed by atoms with E-state index in [9.17, 15) is 14.4 Å². The number of hydrogen-bond acceptors (Lipinski definition) is 7. The Labute approximate surface area is 227 Å². The first-order valence-corrected chi connectivity index (χ1v) is 14.1. The molecule has 1 unspecified atom stereocenters. The number of imide groups is 1. The van der Waals surface area contributed by atoms with Crippen molar-refractivity contribution in [2.75, 3.05) is 52.6 Å². The lowest BCUT2D eigenvalue weighted by atomic mass is 10.1. The van der Waals surface area contributed by atoms with E-state index in [-0.39, 0.29) is 11.8 Å². The van der Waals surface area contributed by atoms with Crippen LogP contribution in [0.1, 0.15) is 10.6 Å². The molecule has 4 amide bonds. The van der Waals surface area contributed by atoms with Gasteiger partial charge in [0, 0.05) is 19.8 Å². The summed E-state index contributed by atoms with van der Waals surface area (Å²) in [6, 6.07) is 10.3. The number of urea groups is 1. The van der Waals surface area contributed by atoms with Gasteiger partial charge in [-0.05, 0) is 24.3 Å². The zero-order chi connectivity index (χ0) is 26.4. The number of amides is 4. The number of thioether (sulfide) groups is 1. The maximum atomic E-state index is 13.3. The average Bonchev–Trinajstić information content (AvgIpc) is 3.69. The molecule has 38 heavy (non-hydrogen) atoms. The molecule has 2 aromatic heterocycles. The molecular formula is C25H26N7O4S2+. The summed E-state index contributed by atoms with van der Waals surface area (Å²) in [5, 5.41) is 0. The third kappa shape index (κ3) is 4.25. The minimum absolute atomic E-state index is 0.141. The number of carbonyl (C=O) groups excluding carboxylic acids is 3. The van der Waals surface area contributed by atoms with E-state index in [1.165, 1.54) is 18.2 Å². The minimum atomic E-state index is -0.670. The summed E-state index contributed by atoms with van der Waals surface area (Å²) in [5.41, 5.74) is 0.977. The van der Waals surface area contributed by atoms with Crippen LogP contribution in [0.2, 0.25) is 0 Å². The number of nitrogens with zero attached hydrogens (tertiary/aromatic N) is 7. The van der Waals surface area contributed by atoms with E-state index >= 15 is 0 Å².